The van der Waals surface area contributed by atoms with Gasteiger partial charge < -0.3 is 10.0 Å². The van der Waals surface area contributed by atoms with Crippen molar-refractivity contribution >= 4 is 47.4 Å². The normalized spacial score (nSPS) is 11.2. The molecule has 0 unspecified atom stereocenters. The largest absolute Gasteiger partial charge is 0.480 e. The molecule has 0 radical (unpaired) electrons. The Hall–Kier alpha value is -3.02. The van der Waals surface area contributed by atoms with Gasteiger partial charge >= 0.3 is 5.97 Å². The van der Waals surface area contributed by atoms with Crippen LogP contribution >= 0.6 is 35.5 Å². The summed E-state index contributed by atoms with van der Waals surface area (Å²) in [5, 5.41) is 15.8. The number of aromatic nitrogens is 6. The van der Waals surface area contributed by atoms with Crippen LogP contribution in [0, 0.1) is 0 Å². The molecular weight excluding hydrogens is 518 g/mol. The number of anilines is 1. The first-order valence-corrected chi connectivity index (χ1v) is 12.9. The van der Waals surface area contributed by atoms with Gasteiger partial charge in [0.25, 0.3) is 0 Å². The predicted molar refractivity (Wildman–Crippen MR) is 144 cm³/mol. The van der Waals surface area contributed by atoms with E-state index in [4.69, 9.17) is 0 Å². The molecule has 4 aromatic rings. The molecule has 0 saturated carbocycles. The van der Waals surface area contributed by atoms with E-state index >= 15 is 0 Å². The number of carboxylic acids is 1. The summed E-state index contributed by atoms with van der Waals surface area (Å²) < 4.78 is 1.58. The first kappa shape index (κ1) is 27.6. The Balaban J connectivity index is 0.00000361. The number of thiazole rings is 1. The number of aliphatic carboxylic acids is 1. The van der Waals surface area contributed by atoms with Crippen LogP contribution < -0.4 is 4.90 Å². The van der Waals surface area contributed by atoms with Gasteiger partial charge in [-0.15, -0.1) is 23.7 Å². The third-order valence-corrected chi connectivity index (χ3v) is 7.47. The number of pyridine rings is 1. The van der Waals surface area contributed by atoms with E-state index < -0.39 is 10.7 Å². The number of rotatable bonds is 11. The van der Waals surface area contributed by atoms with Crippen molar-refractivity contribution in [2.75, 3.05) is 11.4 Å². The summed E-state index contributed by atoms with van der Waals surface area (Å²) in [6.07, 6.45) is 10.8. The Morgan fingerprint density at radius 3 is 2.61 bits per heavy atom. The lowest BCUT2D eigenvalue weighted by molar-refractivity contribution is -0.138. The van der Waals surface area contributed by atoms with Gasteiger partial charge in [-0.25, -0.2) is 24.6 Å². The molecule has 0 bridgehead atoms. The average molecular weight is 546 g/mol. The third kappa shape index (κ3) is 7.02. The summed E-state index contributed by atoms with van der Waals surface area (Å²) in [6, 6.07) is 5.71. The zero-order valence-electron chi connectivity index (χ0n) is 20.2. The van der Waals surface area contributed by atoms with Crippen molar-refractivity contribution in [1.82, 2.24) is 29.7 Å². The Labute approximate surface area is 224 Å². The number of carbonyl (C=O) groups is 1. The van der Waals surface area contributed by atoms with Gasteiger partial charge in [-0.05, 0) is 38.0 Å². The number of carboxylic acid groups (broad SMARTS) is 1. The summed E-state index contributed by atoms with van der Waals surface area (Å²) in [5.41, 5.74) is 3.01. The van der Waals surface area contributed by atoms with E-state index in [0.29, 0.717) is 25.5 Å². The lowest BCUT2D eigenvalue weighted by atomic mass is 10.2. The molecule has 0 atom stereocenters. The minimum atomic E-state index is -0.927. The lowest BCUT2D eigenvalue weighted by Crippen LogP contribution is -2.27. The van der Waals surface area contributed by atoms with E-state index in [1.807, 2.05) is 48.4 Å². The first-order valence-electron chi connectivity index (χ1n) is 11.2. The van der Waals surface area contributed by atoms with Crippen molar-refractivity contribution in [3.8, 4) is 5.82 Å². The second-order valence-electron chi connectivity index (χ2n) is 8.42. The summed E-state index contributed by atoms with van der Waals surface area (Å²) in [7, 11) is 0. The molecular formula is C24H28ClN7O2S2. The summed E-state index contributed by atoms with van der Waals surface area (Å²) >= 11 is 2.74. The molecule has 0 saturated heterocycles. The SMILES string of the molecule is CCc1cnc(N(CCc2csc(SC(C)(C)C(=O)O)n2)Cc2cnn(-c3ccccn3)c2)nc1.Cl. The van der Waals surface area contributed by atoms with E-state index in [1.54, 1.807) is 24.7 Å². The molecule has 4 aromatic heterocycles. The number of hydrogen-bond acceptors (Lipinski definition) is 9. The number of thioether (sulfide) groups is 1. The van der Waals surface area contributed by atoms with Crippen LogP contribution in [0.15, 0.2) is 58.9 Å². The van der Waals surface area contributed by atoms with Crippen LogP contribution in [0.25, 0.3) is 5.82 Å². The second-order valence-corrected chi connectivity index (χ2v) is 11.1. The van der Waals surface area contributed by atoms with Crippen molar-refractivity contribution in [1.29, 1.82) is 0 Å². The molecule has 1 N–H and O–H groups in total. The van der Waals surface area contributed by atoms with Crippen LogP contribution in [0.1, 0.15) is 37.6 Å². The van der Waals surface area contributed by atoms with Crippen molar-refractivity contribution in [2.24, 2.45) is 0 Å². The maximum absolute atomic E-state index is 11.4. The number of nitrogens with zero attached hydrogens (tertiary/aromatic N) is 7. The molecule has 4 heterocycles. The Morgan fingerprint density at radius 2 is 1.94 bits per heavy atom. The van der Waals surface area contributed by atoms with Crippen LogP contribution in [0.2, 0.25) is 0 Å². The molecule has 0 aromatic carbocycles. The molecule has 0 fully saturated rings. The minimum absolute atomic E-state index is 0. The highest BCUT2D eigenvalue weighted by Gasteiger charge is 2.29. The van der Waals surface area contributed by atoms with Crippen LogP contribution in [-0.4, -0.2) is 52.1 Å². The van der Waals surface area contributed by atoms with Crippen molar-refractivity contribution in [3.05, 3.63) is 71.4 Å². The maximum atomic E-state index is 11.4. The third-order valence-electron chi connectivity index (χ3n) is 5.30. The van der Waals surface area contributed by atoms with Crippen LogP contribution in [-0.2, 0) is 24.2 Å². The number of halogens is 1. The summed E-state index contributed by atoms with van der Waals surface area (Å²) in [4.78, 5) is 31.7. The minimum Gasteiger partial charge on any atom is -0.480 e. The fraction of sp³-hybridized carbons (Fsp3) is 0.333. The first-order chi connectivity index (χ1) is 16.8. The van der Waals surface area contributed by atoms with Crippen molar-refractivity contribution in [3.63, 3.8) is 0 Å². The van der Waals surface area contributed by atoms with E-state index in [-0.39, 0.29) is 12.4 Å². The number of hydrogen-bond donors (Lipinski definition) is 1. The van der Waals surface area contributed by atoms with E-state index in [1.165, 1.54) is 23.1 Å². The van der Waals surface area contributed by atoms with Gasteiger partial charge in [-0.3, -0.25) is 4.79 Å². The molecule has 0 aliphatic carbocycles. The van der Waals surface area contributed by atoms with Crippen molar-refractivity contribution < 1.29 is 9.90 Å². The molecule has 9 nitrogen and oxygen atoms in total. The Kier molecular flexibility index (Phi) is 9.41. The van der Waals surface area contributed by atoms with Crippen LogP contribution in [0.4, 0.5) is 5.95 Å². The molecule has 0 amide bonds. The highest BCUT2D eigenvalue weighted by atomic mass is 35.5. The zero-order chi connectivity index (χ0) is 24.8. The molecule has 0 spiro atoms. The van der Waals surface area contributed by atoms with E-state index in [0.717, 1.165) is 33.4 Å². The predicted octanol–water partition coefficient (Wildman–Crippen LogP) is 4.70. The topological polar surface area (TPSA) is 110 Å². The standard InChI is InChI=1S/C24H27N7O2S2.ClH/c1-4-17-11-26-22(27-12-17)30(14-18-13-28-31(15-18)20-7-5-6-9-25-20)10-8-19-16-34-23(29-19)35-24(2,3)21(32)33;/h5-7,9,11-13,15-16H,4,8,10,14H2,1-3H3,(H,32,33);1H. The van der Waals surface area contributed by atoms with E-state index in [9.17, 15) is 9.90 Å². The van der Waals surface area contributed by atoms with Gasteiger partial charge in [0.1, 0.15) is 4.75 Å². The zero-order valence-corrected chi connectivity index (χ0v) is 22.7. The summed E-state index contributed by atoms with van der Waals surface area (Å²) in [6.45, 7) is 6.68. The molecule has 4 rings (SSSR count). The lowest BCUT2D eigenvalue weighted by Gasteiger charge is -2.21. The van der Waals surface area contributed by atoms with Crippen LogP contribution in [0.5, 0.6) is 0 Å². The van der Waals surface area contributed by atoms with Gasteiger partial charge in [0.2, 0.25) is 5.95 Å². The van der Waals surface area contributed by atoms with Gasteiger partial charge in [0.05, 0.1) is 11.9 Å². The molecule has 36 heavy (non-hydrogen) atoms. The van der Waals surface area contributed by atoms with Crippen molar-refractivity contribution in [2.45, 2.75) is 49.2 Å². The molecule has 12 heteroatoms. The second kappa shape index (κ2) is 12.3. The van der Waals surface area contributed by atoms with Gasteiger partial charge in [0.15, 0.2) is 10.2 Å². The quantitative estimate of drug-likeness (QED) is 0.268. The Morgan fingerprint density at radius 1 is 1.17 bits per heavy atom. The molecule has 190 valence electrons. The smallest absolute Gasteiger partial charge is 0.319 e. The number of aryl methyl sites for hydroxylation is 1. The molecule has 0 aliphatic rings. The highest BCUT2D eigenvalue weighted by Crippen LogP contribution is 2.34. The average Bonchev–Trinajstić information content (AvgIpc) is 3.51. The van der Waals surface area contributed by atoms with Gasteiger partial charge in [0, 0.05) is 55.2 Å². The monoisotopic (exact) mass is 545 g/mol. The fourth-order valence-electron chi connectivity index (χ4n) is 3.18. The van der Waals surface area contributed by atoms with Crippen LogP contribution in [0.3, 0.4) is 0 Å². The summed E-state index contributed by atoms with van der Waals surface area (Å²) in [5.74, 6) is 0.541. The molecule has 0 aliphatic heterocycles. The fourth-order valence-corrected chi connectivity index (χ4v) is 5.41. The highest BCUT2D eigenvalue weighted by molar-refractivity contribution is 8.03. The van der Waals surface area contributed by atoms with E-state index in [2.05, 4.69) is 36.9 Å². The van der Waals surface area contributed by atoms with Gasteiger partial charge in [-0.1, -0.05) is 24.8 Å². The Bertz CT molecular complexity index is 1260. The maximum Gasteiger partial charge on any atom is 0.319 e. The van der Waals surface area contributed by atoms with Gasteiger partial charge in [-0.2, -0.15) is 5.10 Å².